The molecule has 4 heteroatoms. The lowest BCUT2D eigenvalue weighted by Gasteiger charge is -2.26. The molecule has 1 saturated heterocycles. The van der Waals surface area contributed by atoms with Crippen LogP contribution in [0.25, 0.3) is 0 Å². The lowest BCUT2D eigenvalue weighted by Crippen LogP contribution is -2.41. The smallest absolute Gasteiger partial charge is 0.191 e. The lowest BCUT2D eigenvalue weighted by molar-refractivity contribution is 0.297. The Labute approximate surface area is 130 Å². The van der Waals surface area contributed by atoms with Crippen LogP contribution >= 0.6 is 0 Å². The Balaban J connectivity index is 1.83. The number of hydrogen-bond acceptors (Lipinski definition) is 2. The molecule has 4 nitrogen and oxygen atoms in total. The second-order valence-electron chi connectivity index (χ2n) is 7.05. The molecule has 0 aromatic rings. The summed E-state index contributed by atoms with van der Waals surface area (Å²) in [7, 11) is 2.21. The summed E-state index contributed by atoms with van der Waals surface area (Å²) in [5.74, 6) is 1.79. The number of nitrogens with one attached hydrogen (secondary N) is 2. The van der Waals surface area contributed by atoms with Gasteiger partial charge < -0.3 is 15.5 Å². The molecule has 122 valence electrons. The van der Waals surface area contributed by atoms with Gasteiger partial charge in [-0.3, -0.25) is 4.99 Å². The molecule has 0 aromatic heterocycles. The fraction of sp³-hybridized carbons (Fsp3) is 0.941. The van der Waals surface area contributed by atoms with Gasteiger partial charge in [0.05, 0.1) is 0 Å². The van der Waals surface area contributed by atoms with E-state index in [1.165, 1.54) is 51.6 Å². The van der Waals surface area contributed by atoms with Crippen molar-refractivity contribution in [1.82, 2.24) is 15.5 Å². The predicted molar refractivity (Wildman–Crippen MR) is 90.8 cm³/mol. The minimum atomic E-state index is 0.482. The maximum Gasteiger partial charge on any atom is 0.191 e. The van der Waals surface area contributed by atoms with Crippen LogP contribution < -0.4 is 10.6 Å². The molecular weight excluding hydrogens is 260 g/mol. The molecule has 1 atom stereocenters. The summed E-state index contributed by atoms with van der Waals surface area (Å²) in [5.41, 5.74) is 0.482. The highest BCUT2D eigenvalue weighted by molar-refractivity contribution is 5.79. The van der Waals surface area contributed by atoms with E-state index in [1.54, 1.807) is 0 Å². The zero-order chi connectivity index (χ0) is 15.1. The zero-order valence-electron chi connectivity index (χ0n) is 14.2. The molecule has 1 aliphatic heterocycles. The monoisotopic (exact) mass is 294 g/mol. The zero-order valence-corrected chi connectivity index (χ0v) is 14.2. The van der Waals surface area contributed by atoms with Crippen molar-refractivity contribution in [2.24, 2.45) is 16.3 Å². The van der Waals surface area contributed by atoms with Crippen molar-refractivity contribution in [3.8, 4) is 0 Å². The standard InChI is InChI=1S/C17H34N4/c1-4-17(9-6-7-10-17)14-20-16(18-5-2)19-12-15-8-11-21(3)13-15/h15H,4-14H2,1-3H3,(H2,18,19,20). The van der Waals surface area contributed by atoms with E-state index in [4.69, 9.17) is 4.99 Å². The Hall–Kier alpha value is -0.770. The van der Waals surface area contributed by atoms with Crippen LogP contribution in [0.4, 0.5) is 0 Å². The van der Waals surface area contributed by atoms with Crippen molar-refractivity contribution in [2.45, 2.75) is 52.4 Å². The molecule has 0 radical (unpaired) electrons. The van der Waals surface area contributed by atoms with E-state index in [-0.39, 0.29) is 0 Å². The Morgan fingerprint density at radius 1 is 1.24 bits per heavy atom. The van der Waals surface area contributed by atoms with Gasteiger partial charge in [-0.05, 0) is 57.5 Å². The minimum Gasteiger partial charge on any atom is -0.357 e. The van der Waals surface area contributed by atoms with Gasteiger partial charge in [-0.1, -0.05) is 19.8 Å². The quantitative estimate of drug-likeness (QED) is 0.584. The third-order valence-corrected chi connectivity index (χ3v) is 5.38. The molecule has 1 unspecified atom stereocenters. The van der Waals surface area contributed by atoms with Gasteiger partial charge in [-0.15, -0.1) is 0 Å². The average molecular weight is 294 g/mol. The summed E-state index contributed by atoms with van der Waals surface area (Å²) >= 11 is 0. The van der Waals surface area contributed by atoms with Crippen LogP contribution in [-0.2, 0) is 0 Å². The summed E-state index contributed by atoms with van der Waals surface area (Å²) < 4.78 is 0. The van der Waals surface area contributed by atoms with Crippen LogP contribution in [-0.4, -0.2) is 50.6 Å². The van der Waals surface area contributed by atoms with Gasteiger partial charge in [0.1, 0.15) is 0 Å². The third kappa shape index (κ3) is 4.87. The molecule has 2 fully saturated rings. The first kappa shape index (κ1) is 16.6. The highest BCUT2D eigenvalue weighted by Gasteiger charge is 2.31. The van der Waals surface area contributed by atoms with E-state index in [9.17, 15) is 0 Å². The molecule has 1 saturated carbocycles. The summed E-state index contributed by atoms with van der Waals surface area (Å²) in [6.07, 6.45) is 8.08. The van der Waals surface area contributed by atoms with Gasteiger partial charge in [-0.2, -0.15) is 0 Å². The topological polar surface area (TPSA) is 39.7 Å². The average Bonchev–Trinajstić information content (AvgIpc) is 3.12. The van der Waals surface area contributed by atoms with E-state index in [0.29, 0.717) is 5.41 Å². The van der Waals surface area contributed by atoms with Crippen LogP contribution in [0, 0.1) is 11.3 Å². The molecule has 2 rings (SSSR count). The van der Waals surface area contributed by atoms with Gasteiger partial charge in [0.2, 0.25) is 0 Å². The van der Waals surface area contributed by atoms with Crippen LogP contribution in [0.15, 0.2) is 4.99 Å². The molecule has 21 heavy (non-hydrogen) atoms. The number of aliphatic imine (C=N–C) groups is 1. The Bertz CT molecular complexity index is 334. The maximum atomic E-state index is 4.90. The van der Waals surface area contributed by atoms with Crippen molar-refractivity contribution in [3.63, 3.8) is 0 Å². The van der Waals surface area contributed by atoms with Crippen molar-refractivity contribution in [2.75, 3.05) is 39.8 Å². The number of rotatable bonds is 6. The fourth-order valence-corrected chi connectivity index (χ4v) is 3.77. The summed E-state index contributed by atoms with van der Waals surface area (Å²) in [6.45, 7) is 9.90. The largest absolute Gasteiger partial charge is 0.357 e. The molecular formula is C17H34N4. The van der Waals surface area contributed by atoms with E-state index < -0.39 is 0 Å². The Morgan fingerprint density at radius 3 is 2.57 bits per heavy atom. The van der Waals surface area contributed by atoms with Crippen LogP contribution in [0.2, 0.25) is 0 Å². The van der Waals surface area contributed by atoms with Crippen molar-refractivity contribution in [1.29, 1.82) is 0 Å². The molecule has 1 aliphatic carbocycles. The van der Waals surface area contributed by atoms with E-state index in [0.717, 1.165) is 31.5 Å². The van der Waals surface area contributed by atoms with Crippen molar-refractivity contribution < 1.29 is 0 Å². The predicted octanol–water partition coefficient (Wildman–Crippen LogP) is 2.46. The van der Waals surface area contributed by atoms with Gasteiger partial charge in [0.15, 0.2) is 5.96 Å². The fourth-order valence-electron chi connectivity index (χ4n) is 3.77. The van der Waals surface area contributed by atoms with Crippen molar-refractivity contribution in [3.05, 3.63) is 0 Å². The molecule has 1 heterocycles. The molecule has 0 aromatic carbocycles. The van der Waals surface area contributed by atoms with E-state index in [2.05, 4.69) is 36.4 Å². The van der Waals surface area contributed by atoms with Crippen LogP contribution in [0.3, 0.4) is 0 Å². The molecule has 2 N–H and O–H groups in total. The van der Waals surface area contributed by atoms with Gasteiger partial charge in [0, 0.05) is 26.2 Å². The molecule has 2 aliphatic rings. The number of nitrogens with zero attached hydrogens (tertiary/aromatic N) is 2. The lowest BCUT2D eigenvalue weighted by atomic mass is 9.84. The first-order chi connectivity index (χ1) is 10.2. The van der Waals surface area contributed by atoms with Crippen LogP contribution in [0.1, 0.15) is 52.4 Å². The third-order valence-electron chi connectivity index (χ3n) is 5.38. The minimum absolute atomic E-state index is 0.482. The van der Waals surface area contributed by atoms with Crippen molar-refractivity contribution >= 4 is 5.96 Å². The SMILES string of the molecule is CCNC(=NCC1(CC)CCCC1)NCC1CCN(C)C1. The van der Waals surface area contributed by atoms with Crippen LogP contribution in [0.5, 0.6) is 0 Å². The second-order valence-corrected chi connectivity index (χ2v) is 7.05. The second kappa shape index (κ2) is 8.02. The van der Waals surface area contributed by atoms with E-state index in [1.807, 2.05) is 0 Å². The number of hydrogen-bond donors (Lipinski definition) is 2. The van der Waals surface area contributed by atoms with E-state index >= 15 is 0 Å². The van der Waals surface area contributed by atoms with Gasteiger partial charge in [-0.25, -0.2) is 0 Å². The first-order valence-electron chi connectivity index (χ1n) is 8.88. The maximum absolute atomic E-state index is 4.90. The molecule has 0 amide bonds. The number of likely N-dealkylation sites (tertiary alicyclic amines) is 1. The summed E-state index contributed by atoms with van der Waals surface area (Å²) in [6, 6.07) is 0. The summed E-state index contributed by atoms with van der Waals surface area (Å²) in [4.78, 5) is 7.32. The Morgan fingerprint density at radius 2 is 2.00 bits per heavy atom. The molecule has 0 bridgehead atoms. The Kier molecular flexibility index (Phi) is 6.34. The summed E-state index contributed by atoms with van der Waals surface area (Å²) in [5, 5.41) is 6.97. The highest BCUT2D eigenvalue weighted by Crippen LogP contribution is 2.41. The normalized spacial score (nSPS) is 26.2. The first-order valence-corrected chi connectivity index (χ1v) is 8.88. The van der Waals surface area contributed by atoms with Gasteiger partial charge in [0.25, 0.3) is 0 Å². The highest BCUT2D eigenvalue weighted by atomic mass is 15.2. The van der Waals surface area contributed by atoms with Gasteiger partial charge >= 0.3 is 0 Å². The number of guanidine groups is 1. The molecule has 0 spiro atoms.